The first-order chi connectivity index (χ1) is 24.0. The van der Waals surface area contributed by atoms with E-state index in [9.17, 15) is 23.9 Å². The Morgan fingerprint density at radius 3 is 2.59 bits per heavy atom. The molecule has 0 amide bonds. The van der Waals surface area contributed by atoms with Crippen LogP contribution >= 0.6 is 27.2 Å². The molecule has 3 heterocycles. The smallest absolute Gasteiger partial charge is 0.462 e. The third-order valence-corrected chi connectivity index (χ3v) is 11.8. The number of imidazole rings is 1. The van der Waals surface area contributed by atoms with Crippen molar-refractivity contribution in [3.63, 3.8) is 0 Å². The van der Waals surface area contributed by atoms with Crippen LogP contribution in [-0.2, 0) is 38.7 Å². The maximum Gasteiger partial charge on any atom is 0.481 e. The van der Waals surface area contributed by atoms with Gasteiger partial charge in [-0.05, 0) is 83.3 Å². The number of esters is 1. The lowest BCUT2D eigenvalue weighted by molar-refractivity contribution is -0.149. The first-order valence-corrected chi connectivity index (χ1v) is 20.2. The lowest BCUT2D eigenvalue weighted by Crippen LogP contribution is -2.36. The van der Waals surface area contributed by atoms with Crippen LogP contribution in [0, 0.1) is 0 Å². The molecule has 3 aromatic rings. The molecule has 3 unspecified atom stereocenters. The number of aromatic nitrogens is 4. The van der Waals surface area contributed by atoms with E-state index in [1.165, 1.54) is 13.3 Å². The standard InChI is InChI=1S/C31H48ClN7O10P2/c1-7-38(8-2)16-15-22-11-9-10-12-25(22)48-50(42,37-20(5)30(41)46-19(3)4)49-51(43,44)45-17-26-24(40)14-13-23(21(6)47-26)39-18-34-27-28(33)35-31(32)36-29(27)39/h9-12,18-21,23-24,26,40H,7-8,13-17H2,1-6H3,(H,37,42)(H,43,44)(H2,33,35,36)/t20-,21?,23-,24+,26+,50?/m0/s1. The number of hydrogen-bond acceptors (Lipinski definition) is 14. The van der Waals surface area contributed by atoms with E-state index in [0.717, 1.165) is 13.1 Å². The lowest BCUT2D eigenvalue weighted by atomic mass is 10.0. The van der Waals surface area contributed by atoms with Gasteiger partial charge in [0.25, 0.3) is 0 Å². The van der Waals surface area contributed by atoms with Crippen LogP contribution in [0.25, 0.3) is 11.2 Å². The zero-order valence-electron chi connectivity index (χ0n) is 29.5. The summed E-state index contributed by atoms with van der Waals surface area (Å²) < 4.78 is 57.0. The number of aliphatic hydroxyl groups excluding tert-OH is 1. The highest BCUT2D eigenvalue weighted by molar-refractivity contribution is 7.63. The molecule has 2 aromatic heterocycles. The number of phosphoric acid groups is 1. The van der Waals surface area contributed by atoms with Crippen LogP contribution in [0.5, 0.6) is 5.75 Å². The minimum atomic E-state index is -5.22. The van der Waals surface area contributed by atoms with E-state index in [4.69, 9.17) is 40.2 Å². The number of ether oxygens (including phenoxy) is 2. The molecule has 0 spiro atoms. The SMILES string of the molecule is CCN(CC)CCc1ccccc1OP(=O)(N[C@@H](C)C(=O)OC(C)C)OP(=O)(O)OC[C@H]1OC(C)[C@@H](n2cnc3c(N)nc(Cl)nc32)CC[C@H]1O. The summed E-state index contributed by atoms with van der Waals surface area (Å²) in [5, 5.41) is 13.3. The van der Waals surface area contributed by atoms with Crippen molar-refractivity contribution in [1.29, 1.82) is 0 Å². The highest BCUT2D eigenvalue weighted by Gasteiger charge is 2.43. The van der Waals surface area contributed by atoms with Gasteiger partial charge in [-0.25, -0.2) is 14.1 Å². The van der Waals surface area contributed by atoms with Crippen molar-refractivity contribution in [1.82, 2.24) is 29.5 Å². The van der Waals surface area contributed by atoms with Gasteiger partial charge in [-0.2, -0.15) is 19.4 Å². The summed E-state index contributed by atoms with van der Waals surface area (Å²) in [5.41, 5.74) is 7.35. The highest BCUT2D eigenvalue weighted by atomic mass is 35.5. The Balaban J connectivity index is 1.51. The number of aliphatic hydroxyl groups is 1. The molecule has 1 aliphatic rings. The predicted molar refractivity (Wildman–Crippen MR) is 190 cm³/mol. The first kappa shape index (κ1) is 41.1. The van der Waals surface area contributed by atoms with Gasteiger partial charge < -0.3 is 39.2 Å². The fraction of sp³-hybridized carbons (Fsp3) is 0.613. The number of rotatable bonds is 17. The van der Waals surface area contributed by atoms with Crippen molar-refractivity contribution < 1.29 is 46.8 Å². The number of nitrogen functional groups attached to an aromatic ring is 1. The zero-order valence-corrected chi connectivity index (χ0v) is 32.1. The molecule has 1 fully saturated rings. The van der Waals surface area contributed by atoms with E-state index in [-0.39, 0.29) is 29.3 Å². The summed E-state index contributed by atoms with van der Waals surface area (Å²) in [6, 6.07) is 5.08. The summed E-state index contributed by atoms with van der Waals surface area (Å²) >= 11 is 6.04. The lowest BCUT2D eigenvalue weighted by Gasteiger charge is -2.28. The Morgan fingerprint density at radius 1 is 1.20 bits per heavy atom. The van der Waals surface area contributed by atoms with Crippen molar-refractivity contribution in [3.05, 3.63) is 41.4 Å². The number of hydrogen-bond donors (Lipinski definition) is 4. The minimum Gasteiger partial charge on any atom is -0.462 e. The van der Waals surface area contributed by atoms with Gasteiger partial charge in [0.1, 0.15) is 23.4 Å². The van der Waals surface area contributed by atoms with E-state index in [1.807, 2.05) is 13.8 Å². The maximum atomic E-state index is 14.2. The Labute approximate surface area is 302 Å². The Morgan fingerprint density at radius 2 is 1.90 bits per heavy atom. The summed E-state index contributed by atoms with van der Waals surface area (Å²) in [7, 11) is -10.1. The molecule has 0 bridgehead atoms. The van der Waals surface area contributed by atoms with Crippen LogP contribution in [0.1, 0.15) is 66.0 Å². The molecule has 1 saturated heterocycles. The number of halogens is 1. The minimum absolute atomic E-state index is 0.0564. The molecule has 284 valence electrons. The Bertz CT molecular complexity index is 1730. The van der Waals surface area contributed by atoms with E-state index >= 15 is 0 Å². The molecule has 51 heavy (non-hydrogen) atoms. The van der Waals surface area contributed by atoms with Crippen molar-refractivity contribution in [2.24, 2.45) is 0 Å². The number of likely N-dealkylation sites (N-methyl/N-ethyl adjacent to an activating group) is 1. The topological polar surface area (TPSA) is 223 Å². The van der Waals surface area contributed by atoms with Gasteiger partial charge in [0.2, 0.25) is 5.28 Å². The third kappa shape index (κ3) is 11.2. The summed E-state index contributed by atoms with van der Waals surface area (Å²) in [6.45, 7) is 12.2. The normalized spacial score (nSPS) is 22.7. The second-order valence-corrected chi connectivity index (χ2v) is 16.1. The van der Waals surface area contributed by atoms with Crippen LogP contribution in [-0.4, -0.2) is 97.1 Å². The zero-order chi connectivity index (χ0) is 37.5. The number of para-hydroxylation sites is 1. The van der Waals surface area contributed by atoms with E-state index in [2.05, 4.69) is 24.9 Å². The third-order valence-electron chi connectivity index (χ3n) is 8.35. The van der Waals surface area contributed by atoms with Crippen LogP contribution in [0.3, 0.4) is 0 Å². The summed E-state index contributed by atoms with van der Waals surface area (Å²) in [5.74, 6) is -0.560. The van der Waals surface area contributed by atoms with Crippen molar-refractivity contribution in [2.45, 2.75) is 97.3 Å². The predicted octanol–water partition coefficient (Wildman–Crippen LogP) is 4.67. The van der Waals surface area contributed by atoms with E-state index in [0.29, 0.717) is 36.1 Å². The van der Waals surface area contributed by atoms with Crippen LogP contribution in [0.15, 0.2) is 30.6 Å². The molecule has 0 saturated carbocycles. The molecule has 5 N–H and O–H groups in total. The Kier molecular flexibility index (Phi) is 14.4. The van der Waals surface area contributed by atoms with Gasteiger partial charge in [0.15, 0.2) is 11.5 Å². The Hall–Kier alpha value is -2.69. The molecular formula is C31H48ClN7O10P2. The molecule has 0 aliphatic carbocycles. The molecule has 0 radical (unpaired) electrons. The van der Waals surface area contributed by atoms with Gasteiger partial charge in [0.05, 0.1) is 37.3 Å². The van der Waals surface area contributed by atoms with Gasteiger partial charge in [-0.15, -0.1) is 0 Å². The quantitative estimate of drug-likeness (QED) is 0.0831. The fourth-order valence-electron chi connectivity index (χ4n) is 5.65. The number of nitrogens with one attached hydrogen (secondary N) is 1. The molecule has 17 nitrogen and oxygen atoms in total. The number of carbonyl (C=O) groups is 1. The molecule has 7 atom stereocenters. The average Bonchev–Trinajstić information content (AvgIpc) is 3.41. The first-order valence-electron chi connectivity index (χ1n) is 16.8. The molecule has 20 heteroatoms. The molecule has 1 aliphatic heterocycles. The largest absolute Gasteiger partial charge is 0.481 e. The van der Waals surface area contributed by atoms with Gasteiger partial charge in [-0.1, -0.05) is 32.0 Å². The van der Waals surface area contributed by atoms with E-state index < -0.39 is 58.6 Å². The number of carbonyl (C=O) groups excluding carboxylic acids is 1. The maximum absolute atomic E-state index is 14.2. The molecule has 1 aromatic carbocycles. The second-order valence-electron chi connectivity index (χ2n) is 12.4. The number of nitrogens with two attached hydrogens (primary N) is 1. The fourth-order valence-corrected chi connectivity index (χ4v) is 8.83. The van der Waals surface area contributed by atoms with Gasteiger partial charge in [0, 0.05) is 6.54 Å². The van der Waals surface area contributed by atoms with Crippen LogP contribution in [0.4, 0.5) is 5.82 Å². The number of benzene rings is 1. The van der Waals surface area contributed by atoms with Crippen molar-refractivity contribution in [2.75, 3.05) is 32.0 Å². The number of phosphoric ester groups is 1. The van der Waals surface area contributed by atoms with E-state index in [1.54, 1.807) is 49.6 Å². The van der Waals surface area contributed by atoms with Gasteiger partial charge in [-0.3, -0.25) is 9.32 Å². The van der Waals surface area contributed by atoms with Crippen LogP contribution in [0.2, 0.25) is 5.28 Å². The summed E-state index contributed by atoms with van der Waals surface area (Å²) in [6.07, 6.45) is -0.643. The monoisotopic (exact) mass is 775 g/mol. The van der Waals surface area contributed by atoms with Gasteiger partial charge >= 0.3 is 21.5 Å². The number of anilines is 1. The number of nitrogens with zero attached hydrogens (tertiary/aromatic N) is 5. The van der Waals surface area contributed by atoms with Crippen LogP contribution < -0.4 is 15.3 Å². The van der Waals surface area contributed by atoms with Crippen molar-refractivity contribution >= 4 is 50.1 Å². The molecule has 4 rings (SSSR count). The molecular weight excluding hydrogens is 728 g/mol. The number of fused-ring (bicyclic) bond motifs is 1. The summed E-state index contributed by atoms with van der Waals surface area (Å²) in [4.78, 5) is 38.2. The highest BCUT2D eigenvalue weighted by Crippen LogP contribution is 2.61. The second kappa shape index (κ2) is 17.9. The average molecular weight is 776 g/mol. The van der Waals surface area contributed by atoms with Crippen molar-refractivity contribution in [3.8, 4) is 5.75 Å².